The number of halogens is 1. The number of nitrogens with one attached hydrogen (secondary N) is 2. The van der Waals surface area contributed by atoms with Gasteiger partial charge in [-0.2, -0.15) is 0 Å². The molecule has 1 aromatic rings. The first-order valence-electron chi connectivity index (χ1n) is 7.59. The van der Waals surface area contributed by atoms with Crippen molar-refractivity contribution in [3.8, 4) is 11.5 Å². The van der Waals surface area contributed by atoms with E-state index in [9.17, 15) is 4.79 Å². The molecule has 122 valence electrons. The minimum atomic E-state index is -0.438. The number of benzene rings is 1. The molecule has 0 bridgehead atoms. The van der Waals surface area contributed by atoms with Gasteiger partial charge in [0.1, 0.15) is 13.2 Å². The van der Waals surface area contributed by atoms with Crippen LogP contribution in [0.1, 0.15) is 31.7 Å². The Morgan fingerprint density at radius 3 is 2.77 bits per heavy atom. The molecule has 2 heterocycles. The lowest BCUT2D eigenvalue weighted by atomic mass is 9.90. The fourth-order valence-electron chi connectivity index (χ4n) is 2.83. The average Bonchev–Trinajstić information content (AvgIpc) is 2.53. The summed E-state index contributed by atoms with van der Waals surface area (Å²) in [7, 11) is 0. The molecule has 5 nitrogen and oxygen atoms in total. The predicted molar refractivity (Wildman–Crippen MR) is 86.8 cm³/mol. The van der Waals surface area contributed by atoms with Gasteiger partial charge in [0.15, 0.2) is 11.5 Å². The third-order valence-corrected chi connectivity index (χ3v) is 4.18. The number of piperidine rings is 1. The van der Waals surface area contributed by atoms with Crippen LogP contribution in [0, 0.1) is 0 Å². The van der Waals surface area contributed by atoms with Crippen molar-refractivity contribution in [1.29, 1.82) is 0 Å². The molecular formula is C16H23ClN2O3. The lowest BCUT2D eigenvalue weighted by Gasteiger charge is -2.33. The predicted octanol–water partition coefficient (Wildman–Crippen LogP) is 2.03. The molecular weight excluding hydrogens is 304 g/mol. The van der Waals surface area contributed by atoms with Crippen LogP contribution in [0.25, 0.3) is 0 Å². The highest BCUT2D eigenvalue weighted by Gasteiger charge is 2.33. The first-order chi connectivity index (χ1) is 10.2. The highest BCUT2D eigenvalue weighted by atomic mass is 35.5. The highest BCUT2D eigenvalue weighted by Crippen LogP contribution is 2.30. The molecule has 22 heavy (non-hydrogen) atoms. The minimum absolute atomic E-state index is 0. The molecule has 1 aromatic carbocycles. The Labute approximate surface area is 137 Å². The number of hydrogen-bond acceptors (Lipinski definition) is 4. The summed E-state index contributed by atoms with van der Waals surface area (Å²) >= 11 is 0. The molecule has 0 spiro atoms. The van der Waals surface area contributed by atoms with E-state index >= 15 is 0 Å². The number of rotatable bonds is 3. The Balaban J connectivity index is 0.00000176. The SMILES string of the molecule is CC1(C(=O)NCc2ccc3c(c2)OCCO3)CCCCN1.Cl. The Hall–Kier alpha value is -1.46. The molecule has 0 aliphatic carbocycles. The van der Waals surface area contributed by atoms with E-state index in [1.165, 1.54) is 0 Å². The molecule has 1 atom stereocenters. The Morgan fingerprint density at radius 1 is 1.27 bits per heavy atom. The second-order valence-corrected chi connectivity index (χ2v) is 5.88. The first kappa shape index (κ1) is 16.9. The van der Waals surface area contributed by atoms with Gasteiger partial charge < -0.3 is 20.1 Å². The molecule has 3 rings (SSSR count). The van der Waals surface area contributed by atoms with Crippen LogP contribution in [0.5, 0.6) is 11.5 Å². The van der Waals surface area contributed by atoms with Gasteiger partial charge >= 0.3 is 0 Å². The van der Waals surface area contributed by atoms with Crippen LogP contribution >= 0.6 is 12.4 Å². The summed E-state index contributed by atoms with van der Waals surface area (Å²) in [5.41, 5.74) is 0.582. The zero-order valence-corrected chi connectivity index (χ0v) is 13.6. The van der Waals surface area contributed by atoms with Crippen LogP contribution in [0.15, 0.2) is 18.2 Å². The Kier molecular flexibility index (Phi) is 5.53. The van der Waals surface area contributed by atoms with Crippen LogP contribution in [0.3, 0.4) is 0 Å². The summed E-state index contributed by atoms with van der Waals surface area (Å²) in [5.74, 6) is 1.60. The third kappa shape index (κ3) is 3.65. The van der Waals surface area contributed by atoms with Gasteiger partial charge in [0.05, 0.1) is 5.54 Å². The van der Waals surface area contributed by atoms with E-state index < -0.39 is 5.54 Å². The largest absolute Gasteiger partial charge is 0.486 e. The fourth-order valence-corrected chi connectivity index (χ4v) is 2.83. The maximum Gasteiger partial charge on any atom is 0.240 e. The number of fused-ring (bicyclic) bond motifs is 1. The maximum atomic E-state index is 12.4. The Morgan fingerprint density at radius 2 is 2.05 bits per heavy atom. The number of amides is 1. The van der Waals surface area contributed by atoms with Gasteiger partial charge in [-0.15, -0.1) is 12.4 Å². The molecule has 1 amide bonds. The molecule has 1 unspecified atom stereocenters. The van der Waals surface area contributed by atoms with Crippen molar-refractivity contribution < 1.29 is 14.3 Å². The topological polar surface area (TPSA) is 59.6 Å². The third-order valence-electron chi connectivity index (χ3n) is 4.18. The van der Waals surface area contributed by atoms with E-state index in [4.69, 9.17) is 9.47 Å². The van der Waals surface area contributed by atoms with E-state index in [1.54, 1.807) is 0 Å². The lowest BCUT2D eigenvalue weighted by Crippen LogP contribution is -2.56. The molecule has 1 fully saturated rings. The fraction of sp³-hybridized carbons (Fsp3) is 0.562. The zero-order valence-electron chi connectivity index (χ0n) is 12.8. The second-order valence-electron chi connectivity index (χ2n) is 5.88. The normalized spacial score (nSPS) is 23.3. The quantitative estimate of drug-likeness (QED) is 0.892. The summed E-state index contributed by atoms with van der Waals surface area (Å²) < 4.78 is 11.0. The van der Waals surface area contributed by atoms with E-state index in [1.807, 2.05) is 25.1 Å². The van der Waals surface area contributed by atoms with Gasteiger partial charge in [0, 0.05) is 6.54 Å². The van der Waals surface area contributed by atoms with Crippen molar-refractivity contribution in [2.75, 3.05) is 19.8 Å². The minimum Gasteiger partial charge on any atom is -0.486 e. The molecule has 0 aromatic heterocycles. The van der Waals surface area contributed by atoms with Crippen molar-refractivity contribution >= 4 is 18.3 Å². The molecule has 2 N–H and O–H groups in total. The van der Waals surface area contributed by atoms with E-state index in [0.29, 0.717) is 19.8 Å². The van der Waals surface area contributed by atoms with Crippen molar-refractivity contribution in [3.05, 3.63) is 23.8 Å². The number of carbonyl (C=O) groups is 1. The van der Waals surface area contributed by atoms with E-state index in [-0.39, 0.29) is 18.3 Å². The van der Waals surface area contributed by atoms with Gasteiger partial charge in [0.2, 0.25) is 5.91 Å². The number of hydrogen-bond donors (Lipinski definition) is 2. The summed E-state index contributed by atoms with van der Waals surface area (Å²) in [4.78, 5) is 12.4. The summed E-state index contributed by atoms with van der Waals surface area (Å²) in [6.07, 6.45) is 3.13. The van der Waals surface area contributed by atoms with Crippen molar-refractivity contribution in [2.45, 2.75) is 38.3 Å². The van der Waals surface area contributed by atoms with Crippen molar-refractivity contribution in [1.82, 2.24) is 10.6 Å². The van der Waals surface area contributed by atoms with Gasteiger partial charge in [-0.3, -0.25) is 4.79 Å². The summed E-state index contributed by atoms with van der Waals surface area (Å²) in [6, 6.07) is 5.80. The van der Waals surface area contributed by atoms with Crippen molar-refractivity contribution in [3.63, 3.8) is 0 Å². The molecule has 1 saturated heterocycles. The van der Waals surface area contributed by atoms with Gasteiger partial charge in [0.25, 0.3) is 0 Å². The van der Waals surface area contributed by atoms with Crippen LogP contribution < -0.4 is 20.1 Å². The van der Waals surface area contributed by atoms with Crippen LogP contribution in [0.4, 0.5) is 0 Å². The van der Waals surface area contributed by atoms with Crippen LogP contribution in [0.2, 0.25) is 0 Å². The molecule has 2 aliphatic rings. The number of ether oxygens (including phenoxy) is 2. The standard InChI is InChI=1S/C16H22N2O3.ClH/c1-16(6-2-3-7-18-16)15(19)17-11-12-4-5-13-14(10-12)21-9-8-20-13;/h4-5,10,18H,2-3,6-9,11H2,1H3,(H,17,19);1H. The molecule has 0 radical (unpaired) electrons. The van der Waals surface area contributed by atoms with Gasteiger partial charge in [-0.25, -0.2) is 0 Å². The maximum absolute atomic E-state index is 12.4. The average molecular weight is 327 g/mol. The highest BCUT2D eigenvalue weighted by molar-refractivity contribution is 5.86. The van der Waals surface area contributed by atoms with Crippen LogP contribution in [-0.4, -0.2) is 31.2 Å². The van der Waals surface area contributed by atoms with E-state index in [2.05, 4.69) is 10.6 Å². The molecule has 0 saturated carbocycles. The molecule has 2 aliphatic heterocycles. The monoisotopic (exact) mass is 326 g/mol. The molecule has 6 heteroatoms. The van der Waals surface area contributed by atoms with Crippen molar-refractivity contribution in [2.24, 2.45) is 0 Å². The van der Waals surface area contributed by atoms with Crippen LogP contribution in [-0.2, 0) is 11.3 Å². The smallest absolute Gasteiger partial charge is 0.240 e. The lowest BCUT2D eigenvalue weighted by molar-refractivity contribution is -0.128. The first-order valence-corrected chi connectivity index (χ1v) is 7.59. The number of carbonyl (C=O) groups excluding carboxylic acids is 1. The van der Waals surface area contributed by atoms with E-state index in [0.717, 1.165) is 42.9 Å². The second kappa shape index (κ2) is 7.20. The zero-order chi connectivity index (χ0) is 14.7. The van der Waals surface area contributed by atoms with Gasteiger partial charge in [-0.1, -0.05) is 6.07 Å². The Bertz CT molecular complexity index is 530. The van der Waals surface area contributed by atoms with Gasteiger partial charge in [-0.05, 0) is 50.4 Å². The summed E-state index contributed by atoms with van der Waals surface area (Å²) in [5, 5.41) is 6.34. The summed E-state index contributed by atoms with van der Waals surface area (Å²) in [6.45, 7) is 4.56.